The van der Waals surface area contributed by atoms with Crippen molar-refractivity contribution in [2.75, 3.05) is 39.5 Å². The van der Waals surface area contributed by atoms with Gasteiger partial charge in [-0.1, -0.05) is 6.92 Å². The molecule has 2 amide bonds. The van der Waals surface area contributed by atoms with Crippen LogP contribution in [0.15, 0.2) is 24.3 Å². The van der Waals surface area contributed by atoms with Crippen molar-refractivity contribution in [1.29, 1.82) is 0 Å². The van der Waals surface area contributed by atoms with E-state index in [1.54, 1.807) is 24.3 Å². The summed E-state index contributed by atoms with van der Waals surface area (Å²) in [6.45, 7) is 6.50. The van der Waals surface area contributed by atoms with E-state index in [0.29, 0.717) is 55.8 Å². The van der Waals surface area contributed by atoms with E-state index in [0.717, 1.165) is 56.6 Å². The van der Waals surface area contributed by atoms with Crippen LogP contribution in [0.5, 0.6) is 0 Å². The van der Waals surface area contributed by atoms with Crippen LogP contribution in [-0.2, 0) is 28.9 Å². The van der Waals surface area contributed by atoms with Crippen LogP contribution in [-0.4, -0.2) is 71.9 Å². The number of fused-ring (bicyclic) bond motifs is 1. The van der Waals surface area contributed by atoms with Gasteiger partial charge >= 0.3 is 5.97 Å². The van der Waals surface area contributed by atoms with Crippen LogP contribution in [0.2, 0.25) is 0 Å². The fraction of sp³-hybridized carbons (Fsp3) is 0.571. The number of hydrogen-bond donors (Lipinski definition) is 1. The Balaban J connectivity index is 1.19. The molecule has 37 heavy (non-hydrogen) atoms. The van der Waals surface area contributed by atoms with E-state index in [2.05, 4.69) is 5.32 Å². The van der Waals surface area contributed by atoms with Crippen molar-refractivity contribution in [2.45, 2.75) is 58.4 Å². The lowest BCUT2D eigenvalue weighted by molar-refractivity contribution is 0.0152. The number of aryl methyl sites for hydroxylation is 2. The predicted molar refractivity (Wildman–Crippen MR) is 137 cm³/mol. The van der Waals surface area contributed by atoms with Crippen molar-refractivity contribution < 1.29 is 23.9 Å². The van der Waals surface area contributed by atoms with E-state index in [9.17, 15) is 14.4 Å². The molecule has 1 spiro atoms. The van der Waals surface area contributed by atoms with E-state index in [1.807, 2.05) is 16.5 Å². The van der Waals surface area contributed by atoms with Gasteiger partial charge < -0.3 is 19.7 Å². The summed E-state index contributed by atoms with van der Waals surface area (Å²) >= 11 is 0. The van der Waals surface area contributed by atoms with Crippen molar-refractivity contribution in [3.8, 4) is 0 Å². The largest absolute Gasteiger partial charge is 0.462 e. The molecule has 0 aliphatic carbocycles. The average Bonchev–Trinajstić information content (AvgIpc) is 3.56. The molecule has 0 radical (unpaired) electrons. The van der Waals surface area contributed by atoms with Crippen LogP contribution in [0.4, 0.5) is 0 Å². The number of amides is 2. The zero-order chi connectivity index (χ0) is 25.8. The third-order valence-electron chi connectivity index (χ3n) is 7.92. The minimum atomic E-state index is -0.408. The van der Waals surface area contributed by atoms with Crippen LogP contribution < -0.4 is 5.32 Å². The number of carbonyl (C=O) groups is 3. The fourth-order valence-corrected chi connectivity index (χ4v) is 5.67. The van der Waals surface area contributed by atoms with Gasteiger partial charge in [0.05, 0.1) is 29.1 Å². The highest BCUT2D eigenvalue weighted by atomic mass is 16.5. The summed E-state index contributed by atoms with van der Waals surface area (Å²) < 4.78 is 13.0. The molecule has 9 nitrogen and oxygen atoms in total. The second-order valence-corrected chi connectivity index (χ2v) is 10.4. The summed E-state index contributed by atoms with van der Waals surface area (Å²) in [6, 6.07) is 6.69. The number of nitrogens with one attached hydrogen (secondary N) is 1. The van der Waals surface area contributed by atoms with Gasteiger partial charge in [-0.2, -0.15) is 5.10 Å². The van der Waals surface area contributed by atoms with Crippen LogP contribution in [0.3, 0.4) is 0 Å². The quantitative estimate of drug-likeness (QED) is 0.456. The molecule has 0 saturated carbocycles. The highest BCUT2D eigenvalue weighted by molar-refractivity contribution is 5.97. The molecule has 9 heteroatoms. The Hall–Kier alpha value is -3.20. The van der Waals surface area contributed by atoms with Crippen molar-refractivity contribution in [2.24, 2.45) is 5.41 Å². The van der Waals surface area contributed by atoms with Crippen LogP contribution in [0.25, 0.3) is 0 Å². The molecule has 2 fully saturated rings. The Labute approximate surface area is 217 Å². The maximum absolute atomic E-state index is 13.0. The van der Waals surface area contributed by atoms with Gasteiger partial charge in [-0.25, -0.2) is 4.79 Å². The summed E-state index contributed by atoms with van der Waals surface area (Å²) in [7, 11) is 0. The second-order valence-electron chi connectivity index (χ2n) is 10.4. The lowest BCUT2D eigenvalue weighted by Gasteiger charge is -2.36. The molecule has 1 aromatic carbocycles. The summed E-state index contributed by atoms with van der Waals surface area (Å²) in [6.07, 6.45) is 5.98. The summed E-state index contributed by atoms with van der Waals surface area (Å²) in [4.78, 5) is 39.9. The predicted octanol–water partition coefficient (Wildman–Crippen LogP) is 3.01. The normalized spacial score (nSPS) is 18.8. The van der Waals surface area contributed by atoms with Gasteiger partial charge in [-0.05, 0) is 68.2 Å². The van der Waals surface area contributed by atoms with Gasteiger partial charge in [0.25, 0.3) is 11.8 Å². The SMILES string of the molecule is CCc1nn(CCCOC(=O)c2ccc(C(=O)N3CCCC3)cc2)c2c1C(=O)NCC1(CCOCC1)C2. The van der Waals surface area contributed by atoms with E-state index in [-0.39, 0.29) is 23.8 Å². The first-order valence-corrected chi connectivity index (χ1v) is 13.5. The van der Waals surface area contributed by atoms with E-state index >= 15 is 0 Å². The lowest BCUT2D eigenvalue weighted by Crippen LogP contribution is -2.40. The van der Waals surface area contributed by atoms with Gasteiger partial charge in [0.2, 0.25) is 0 Å². The minimum Gasteiger partial charge on any atom is -0.462 e. The number of nitrogens with zero attached hydrogens (tertiary/aromatic N) is 3. The second kappa shape index (κ2) is 11.0. The number of esters is 1. The molecule has 3 aliphatic heterocycles. The standard InChI is InChI=1S/C28H36N4O5/c1-2-22-24-23(18-28(19-29-25(24)33)10-16-36-17-11-28)32(30-22)14-5-15-37-27(35)21-8-6-20(7-9-21)26(34)31-12-3-4-13-31/h6-9H,2-5,10-19H2,1H3,(H,29,33). The number of ether oxygens (including phenoxy) is 2. The number of likely N-dealkylation sites (tertiary alicyclic amines) is 1. The molecule has 0 atom stereocenters. The highest BCUT2D eigenvalue weighted by Gasteiger charge is 2.39. The molecule has 2 aromatic rings. The number of aromatic nitrogens is 2. The Bertz CT molecular complexity index is 1140. The number of carbonyl (C=O) groups excluding carboxylic acids is 3. The van der Waals surface area contributed by atoms with E-state index < -0.39 is 5.97 Å². The molecule has 2 saturated heterocycles. The zero-order valence-electron chi connectivity index (χ0n) is 21.6. The first kappa shape index (κ1) is 25.4. The molecule has 3 aliphatic rings. The Kier molecular flexibility index (Phi) is 7.60. The minimum absolute atomic E-state index is 0.00323. The van der Waals surface area contributed by atoms with Crippen molar-refractivity contribution in [3.63, 3.8) is 0 Å². The van der Waals surface area contributed by atoms with Crippen LogP contribution in [0, 0.1) is 5.41 Å². The first-order valence-electron chi connectivity index (χ1n) is 13.5. The summed E-state index contributed by atoms with van der Waals surface area (Å²) in [5, 5.41) is 7.90. The van der Waals surface area contributed by atoms with E-state index in [4.69, 9.17) is 14.6 Å². The third-order valence-corrected chi connectivity index (χ3v) is 7.92. The van der Waals surface area contributed by atoms with Crippen molar-refractivity contribution in [1.82, 2.24) is 20.0 Å². The molecule has 1 aromatic heterocycles. The van der Waals surface area contributed by atoms with Crippen LogP contribution in [0.1, 0.15) is 81.5 Å². The van der Waals surface area contributed by atoms with Crippen molar-refractivity contribution in [3.05, 3.63) is 52.3 Å². The number of rotatable bonds is 7. The van der Waals surface area contributed by atoms with Gasteiger partial charge in [-0.15, -0.1) is 0 Å². The molecule has 198 valence electrons. The topological polar surface area (TPSA) is 103 Å². The molecule has 4 heterocycles. The smallest absolute Gasteiger partial charge is 0.338 e. The van der Waals surface area contributed by atoms with Crippen molar-refractivity contribution >= 4 is 17.8 Å². The monoisotopic (exact) mass is 508 g/mol. The summed E-state index contributed by atoms with van der Waals surface area (Å²) in [5.41, 5.74) is 3.53. The molecule has 1 N–H and O–H groups in total. The van der Waals surface area contributed by atoms with E-state index in [1.165, 1.54) is 0 Å². The molecule has 0 unspecified atom stereocenters. The number of hydrogen-bond acceptors (Lipinski definition) is 6. The molecular weight excluding hydrogens is 472 g/mol. The third kappa shape index (κ3) is 5.42. The Morgan fingerprint density at radius 1 is 1.11 bits per heavy atom. The Morgan fingerprint density at radius 3 is 2.51 bits per heavy atom. The maximum atomic E-state index is 13.0. The summed E-state index contributed by atoms with van der Waals surface area (Å²) in [5.74, 6) is -0.438. The first-order chi connectivity index (χ1) is 18.0. The van der Waals surface area contributed by atoms with Crippen LogP contribution >= 0.6 is 0 Å². The fourth-order valence-electron chi connectivity index (χ4n) is 5.67. The molecular formula is C28H36N4O5. The van der Waals surface area contributed by atoms with Gasteiger partial charge in [-0.3, -0.25) is 14.3 Å². The van der Waals surface area contributed by atoms with Gasteiger partial charge in [0.15, 0.2) is 0 Å². The lowest BCUT2D eigenvalue weighted by atomic mass is 9.76. The van der Waals surface area contributed by atoms with Gasteiger partial charge in [0, 0.05) is 51.4 Å². The number of benzene rings is 1. The Morgan fingerprint density at radius 2 is 1.81 bits per heavy atom. The highest BCUT2D eigenvalue weighted by Crippen LogP contribution is 2.37. The molecule has 5 rings (SSSR count). The maximum Gasteiger partial charge on any atom is 0.338 e. The molecule has 0 bridgehead atoms. The zero-order valence-corrected chi connectivity index (χ0v) is 21.6. The van der Waals surface area contributed by atoms with Gasteiger partial charge in [0.1, 0.15) is 0 Å². The average molecular weight is 509 g/mol.